The molecule has 0 aromatic heterocycles. The molecule has 2 atom stereocenters. The van der Waals surface area contributed by atoms with Crippen LogP contribution in [0.1, 0.15) is 57.9 Å². The van der Waals surface area contributed by atoms with Crippen LogP contribution in [0.3, 0.4) is 0 Å². The summed E-state index contributed by atoms with van der Waals surface area (Å²) in [5.41, 5.74) is 0.0715. The zero-order valence-corrected chi connectivity index (χ0v) is 13.8. The molecule has 0 bridgehead atoms. The first-order valence-electron chi connectivity index (χ1n) is 7.54. The molecule has 6 heteroatoms. The third-order valence-corrected chi connectivity index (χ3v) is 3.44. The molecule has 6 nitrogen and oxygen atoms in total. The molecule has 0 saturated heterocycles. The highest BCUT2D eigenvalue weighted by Gasteiger charge is 2.29. The lowest BCUT2D eigenvalue weighted by atomic mass is 9.89. The quantitative estimate of drug-likeness (QED) is 0.635. The van der Waals surface area contributed by atoms with Crippen LogP contribution in [0.2, 0.25) is 0 Å². The topological polar surface area (TPSA) is 93.1 Å². The number of aromatic carboxylic acids is 2. The zero-order valence-electron chi connectivity index (χ0n) is 13.8. The maximum absolute atomic E-state index is 11.8. The summed E-state index contributed by atoms with van der Waals surface area (Å²) in [6, 6.07) is 2.79. The molecule has 1 rings (SSSR count). The summed E-state index contributed by atoms with van der Waals surface area (Å²) in [4.78, 5) is 23.2. The fraction of sp³-hybridized carbons (Fsp3) is 0.333. The van der Waals surface area contributed by atoms with E-state index in [1.165, 1.54) is 24.3 Å². The lowest BCUT2D eigenvalue weighted by molar-refractivity contribution is 0.0626. The molecule has 0 radical (unpaired) electrons. The van der Waals surface area contributed by atoms with Crippen molar-refractivity contribution >= 4 is 11.9 Å². The molecule has 0 fully saturated rings. The predicted octanol–water partition coefficient (Wildman–Crippen LogP) is 3.61. The van der Waals surface area contributed by atoms with Gasteiger partial charge in [-0.2, -0.15) is 0 Å². The van der Waals surface area contributed by atoms with E-state index in [2.05, 4.69) is 13.2 Å². The van der Waals surface area contributed by atoms with Crippen molar-refractivity contribution in [3.8, 4) is 0 Å². The molecule has 130 valence electrons. The Labute approximate surface area is 141 Å². The van der Waals surface area contributed by atoms with Crippen LogP contribution in [-0.2, 0) is 9.47 Å². The van der Waals surface area contributed by atoms with Crippen LogP contribution in [0.15, 0.2) is 37.4 Å². The number of hydrogen-bond acceptors (Lipinski definition) is 4. The molecule has 0 saturated carbocycles. The number of benzene rings is 1. The van der Waals surface area contributed by atoms with E-state index >= 15 is 0 Å². The van der Waals surface area contributed by atoms with Gasteiger partial charge in [0.25, 0.3) is 0 Å². The molecule has 0 spiro atoms. The second-order valence-corrected chi connectivity index (χ2v) is 4.82. The first-order valence-corrected chi connectivity index (χ1v) is 7.54. The molecular weight excluding hydrogens is 312 g/mol. The number of carbonyl (C=O) groups is 2. The standard InChI is InChI=1S/C18H22O6/c1-5-13(23-7-3)11-9-10-12(17(19)20)16(18(21)22)15(11)14(6-2)24-8-4/h5-6,9-10,13-14H,1-2,7-8H2,3-4H3,(H,19,20)(H,21,22). The van der Waals surface area contributed by atoms with Crippen LogP contribution in [0, 0.1) is 0 Å². The van der Waals surface area contributed by atoms with Gasteiger partial charge >= 0.3 is 11.9 Å². The number of ether oxygens (including phenoxy) is 2. The lowest BCUT2D eigenvalue weighted by Crippen LogP contribution is -2.19. The maximum atomic E-state index is 11.8. The van der Waals surface area contributed by atoms with Gasteiger partial charge in [-0.1, -0.05) is 18.2 Å². The Morgan fingerprint density at radius 2 is 1.58 bits per heavy atom. The summed E-state index contributed by atoms with van der Waals surface area (Å²) in [5, 5.41) is 18.9. The van der Waals surface area contributed by atoms with Gasteiger partial charge in [0.2, 0.25) is 0 Å². The minimum atomic E-state index is -1.35. The zero-order chi connectivity index (χ0) is 18.3. The van der Waals surface area contributed by atoms with Crippen LogP contribution in [0.4, 0.5) is 0 Å². The van der Waals surface area contributed by atoms with Gasteiger partial charge in [0.1, 0.15) is 12.2 Å². The van der Waals surface area contributed by atoms with Gasteiger partial charge in [0, 0.05) is 18.8 Å². The van der Waals surface area contributed by atoms with Crippen molar-refractivity contribution in [1.82, 2.24) is 0 Å². The molecule has 0 aliphatic carbocycles. The minimum Gasteiger partial charge on any atom is -0.478 e. The Balaban J connectivity index is 3.79. The van der Waals surface area contributed by atoms with Crippen molar-refractivity contribution in [2.75, 3.05) is 13.2 Å². The SMILES string of the molecule is C=CC(OCC)c1ccc(C(=O)O)c(C(=O)O)c1C(C=C)OCC. The number of carboxylic acid groups (broad SMARTS) is 2. The summed E-state index contributed by atoms with van der Waals surface area (Å²) in [6.07, 6.45) is 1.60. The third kappa shape index (κ3) is 4.10. The van der Waals surface area contributed by atoms with Crippen LogP contribution >= 0.6 is 0 Å². The average molecular weight is 334 g/mol. The van der Waals surface area contributed by atoms with Crippen molar-refractivity contribution in [3.63, 3.8) is 0 Å². The fourth-order valence-electron chi connectivity index (χ4n) is 2.51. The normalized spacial score (nSPS) is 13.1. The smallest absolute Gasteiger partial charge is 0.336 e. The van der Waals surface area contributed by atoms with E-state index in [4.69, 9.17) is 9.47 Å². The van der Waals surface area contributed by atoms with Crippen LogP contribution in [-0.4, -0.2) is 35.4 Å². The van der Waals surface area contributed by atoms with Gasteiger partial charge in [-0.3, -0.25) is 0 Å². The molecular formula is C18H22O6. The van der Waals surface area contributed by atoms with Crippen LogP contribution < -0.4 is 0 Å². The van der Waals surface area contributed by atoms with Crippen LogP contribution in [0.5, 0.6) is 0 Å². The van der Waals surface area contributed by atoms with E-state index in [1.807, 2.05) is 0 Å². The third-order valence-electron chi connectivity index (χ3n) is 3.44. The van der Waals surface area contributed by atoms with Gasteiger partial charge in [-0.15, -0.1) is 13.2 Å². The Bertz CT molecular complexity index is 635. The summed E-state index contributed by atoms with van der Waals surface area (Å²) in [7, 11) is 0. The fourth-order valence-corrected chi connectivity index (χ4v) is 2.51. The highest BCUT2D eigenvalue weighted by molar-refractivity contribution is 6.03. The van der Waals surface area contributed by atoms with E-state index in [0.717, 1.165) is 0 Å². The summed E-state index contributed by atoms with van der Waals surface area (Å²) >= 11 is 0. The van der Waals surface area contributed by atoms with Crippen molar-refractivity contribution in [2.45, 2.75) is 26.1 Å². The lowest BCUT2D eigenvalue weighted by Gasteiger charge is -2.24. The molecule has 0 aliphatic rings. The molecule has 0 aliphatic heterocycles. The number of rotatable bonds is 10. The molecule has 1 aromatic rings. The predicted molar refractivity (Wildman–Crippen MR) is 89.5 cm³/mol. The maximum Gasteiger partial charge on any atom is 0.336 e. The Morgan fingerprint density at radius 3 is 2.00 bits per heavy atom. The van der Waals surface area contributed by atoms with E-state index in [0.29, 0.717) is 18.8 Å². The molecule has 2 unspecified atom stereocenters. The van der Waals surface area contributed by atoms with Crippen LogP contribution in [0.25, 0.3) is 0 Å². The first-order chi connectivity index (χ1) is 11.4. The second-order valence-electron chi connectivity index (χ2n) is 4.82. The highest BCUT2D eigenvalue weighted by Crippen LogP contribution is 2.34. The molecule has 1 aromatic carbocycles. The van der Waals surface area contributed by atoms with Gasteiger partial charge in [0.05, 0.1) is 11.1 Å². The first kappa shape index (κ1) is 19.6. The molecule has 2 N–H and O–H groups in total. The summed E-state index contributed by atoms with van der Waals surface area (Å²) < 4.78 is 11.1. The monoisotopic (exact) mass is 334 g/mol. The summed E-state index contributed by atoms with van der Waals surface area (Å²) in [6.45, 7) is 11.6. The van der Waals surface area contributed by atoms with E-state index in [9.17, 15) is 19.8 Å². The Hall–Kier alpha value is -2.44. The van der Waals surface area contributed by atoms with E-state index < -0.39 is 24.1 Å². The summed E-state index contributed by atoms with van der Waals surface area (Å²) in [5.74, 6) is -2.68. The van der Waals surface area contributed by atoms with E-state index in [1.54, 1.807) is 13.8 Å². The van der Waals surface area contributed by atoms with Crippen molar-refractivity contribution in [1.29, 1.82) is 0 Å². The van der Waals surface area contributed by atoms with Crippen molar-refractivity contribution < 1.29 is 29.3 Å². The molecule has 0 heterocycles. The van der Waals surface area contributed by atoms with Gasteiger partial charge in [-0.05, 0) is 25.5 Å². The molecule has 0 amide bonds. The average Bonchev–Trinajstić information content (AvgIpc) is 2.56. The Kier molecular flexibility index (Phi) is 7.35. The van der Waals surface area contributed by atoms with Gasteiger partial charge in [-0.25, -0.2) is 9.59 Å². The largest absolute Gasteiger partial charge is 0.478 e. The van der Waals surface area contributed by atoms with Crippen molar-refractivity contribution in [3.05, 3.63) is 59.7 Å². The number of hydrogen-bond donors (Lipinski definition) is 2. The minimum absolute atomic E-state index is 0.220. The second kappa shape index (κ2) is 9.00. The highest BCUT2D eigenvalue weighted by atomic mass is 16.5. The van der Waals surface area contributed by atoms with Gasteiger partial charge < -0.3 is 19.7 Å². The Morgan fingerprint density at radius 1 is 1.04 bits per heavy atom. The van der Waals surface area contributed by atoms with Crippen molar-refractivity contribution in [2.24, 2.45) is 0 Å². The molecule has 24 heavy (non-hydrogen) atoms. The van der Waals surface area contributed by atoms with Gasteiger partial charge in [0.15, 0.2) is 0 Å². The number of carboxylic acids is 2. The van der Waals surface area contributed by atoms with E-state index in [-0.39, 0.29) is 16.7 Å².